The van der Waals surface area contributed by atoms with E-state index in [-0.39, 0.29) is 11.8 Å². The van der Waals surface area contributed by atoms with Gasteiger partial charge < -0.3 is 11.1 Å². The van der Waals surface area contributed by atoms with Crippen molar-refractivity contribution in [2.45, 2.75) is 39.8 Å². The molecule has 0 saturated carbocycles. The van der Waals surface area contributed by atoms with Crippen LogP contribution in [-0.4, -0.2) is 16.9 Å². The first kappa shape index (κ1) is 13.1. The maximum absolute atomic E-state index is 11.7. The Morgan fingerprint density at radius 1 is 1.69 bits per heavy atom. The highest BCUT2D eigenvalue weighted by molar-refractivity contribution is 7.09. The summed E-state index contributed by atoms with van der Waals surface area (Å²) in [5, 5.41) is 5.77. The smallest absolute Gasteiger partial charge is 0.237 e. The number of hydrogen-bond donors (Lipinski definition) is 2. The number of rotatable bonds is 5. The summed E-state index contributed by atoms with van der Waals surface area (Å²) < 4.78 is 0. The summed E-state index contributed by atoms with van der Waals surface area (Å²) >= 11 is 1.58. The van der Waals surface area contributed by atoms with Crippen molar-refractivity contribution in [2.24, 2.45) is 11.7 Å². The predicted molar refractivity (Wildman–Crippen MR) is 66.1 cm³/mol. The minimum atomic E-state index is -0.426. The topological polar surface area (TPSA) is 68.0 Å². The molecule has 0 aliphatic carbocycles. The normalized spacial score (nSPS) is 14.5. The summed E-state index contributed by atoms with van der Waals surface area (Å²) in [6, 6.07) is -0.426. The number of nitrogens with zero attached hydrogens (tertiary/aromatic N) is 1. The van der Waals surface area contributed by atoms with Crippen molar-refractivity contribution >= 4 is 17.2 Å². The Labute approximate surface area is 100 Å². The zero-order chi connectivity index (χ0) is 12.1. The number of aryl methyl sites for hydroxylation is 1. The lowest BCUT2D eigenvalue weighted by Gasteiger charge is -2.17. The van der Waals surface area contributed by atoms with Gasteiger partial charge in [-0.2, -0.15) is 0 Å². The molecule has 1 heterocycles. The lowest BCUT2D eigenvalue weighted by Crippen LogP contribution is -2.44. The lowest BCUT2D eigenvalue weighted by atomic mass is 9.99. The van der Waals surface area contributed by atoms with Crippen molar-refractivity contribution in [2.75, 3.05) is 0 Å². The van der Waals surface area contributed by atoms with Crippen molar-refractivity contribution in [1.82, 2.24) is 10.3 Å². The molecule has 16 heavy (non-hydrogen) atoms. The maximum atomic E-state index is 11.7. The number of thiazole rings is 1. The predicted octanol–water partition coefficient (Wildman–Crippen LogP) is 1.44. The Balaban J connectivity index is 2.40. The molecule has 1 aromatic rings. The molecule has 1 rings (SSSR count). The van der Waals surface area contributed by atoms with Crippen LogP contribution in [-0.2, 0) is 11.3 Å². The summed E-state index contributed by atoms with van der Waals surface area (Å²) in [4.78, 5) is 15.9. The molecule has 2 unspecified atom stereocenters. The maximum Gasteiger partial charge on any atom is 0.237 e. The van der Waals surface area contributed by atoms with E-state index in [2.05, 4.69) is 10.3 Å². The highest BCUT2D eigenvalue weighted by Gasteiger charge is 2.18. The Kier molecular flexibility index (Phi) is 4.89. The van der Waals surface area contributed by atoms with Gasteiger partial charge in [-0.05, 0) is 12.8 Å². The monoisotopic (exact) mass is 241 g/mol. The molecule has 0 fully saturated rings. The molecule has 4 nitrogen and oxygen atoms in total. The molecule has 0 aliphatic rings. The minimum absolute atomic E-state index is 0.0972. The van der Waals surface area contributed by atoms with E-state index >= 15 is 0 Å². The number of carbonyl (C=O) groups is 1. The van der Waals surface area contributed by atoms with E-state index in [4.69, 9.17) is 5.73 Å². The molecule has 0 radical (unpaired) electrons. The number of nitrogens with two attached hydrogens (primary N) is 1. The Morgan fingerprint density at radius 2 is 2.38 bits per heavy atom. The molecule has 2 atom stereocenters. The zero-order valence-corrected chi connectivity index (χ0v) is 10.8. The average Bonchev–Trinajstić information content (AvgIpc) is 2.69. The number of amides is 1. The fourth-order valence-corrected chi connectivity index (χ4v) is 1.91. The molecule has 0 bridgehead atoms. The second kappa shape index (κ2) is 5.96. The van der Waals surface area contributed by atoms with E-state index in [1.807, 2.05) is 26.2 Å². The molecular weight excluding hydrogens is 222 g/mol. The van der Waals surface area contributed by atoms with E-state index in [0.29, 0.717) is 6.54 Å². The van der Waals surface area contributed by atoms with E-state index in [0.717, 1.165) is 17.1 Å². The van der Waals surface area contributed by atoms with Gasteiger partial charge in [0, 0.05) is 5.38 Å². The van der Waals surface area contributed by atoms with E-state index in [1.54, 1.807) is 11.3 Å². The third kappa shape index (κ3) is 3.57. The summed E-state index contributed by atoms with van der Waals surface area (Å²) in [5.74, 6) is 0.108. The molecule has 1 aromatic heterocycles. The second-order valence-electron chi connectivity index (χ2n) is 3.99. The van der Waals surface area contributed by atoms with E-state index < -0.39 is 6.04 Å². The van der Waals surface area contributed by atoms with Gasteiger partial charge in [0.25, 0.3) is 0 Å². The summed E-state index contributed by atoms with van der Waals surface area (Å²) in [7, 11) is 0. The van der Waals surface area contributed by atoms with Crippen LogP contribution in [0.5, 0.6) is 0 Å². The van der Waals surface area contributed by atoms with Crippen LogP contribution in [0.25, 0.3) is 0 Å². The van der Waals surface area contributed by atoms with Gasteiger partial charge in [-0.15, -0.1) is 11.3 Å². The molecular formula is C11H19N3OS. The van der Waals surface area contributed by atoms with Crippen LogP contribution in [0.3, 0.4) is 0 Å². The van der Waals surface area contributed by atoms with Crippen molar-refractivity contribution in [3.05, 3.63) is 16.1 Å². The van der Waals surface area contributed by atoms with Crippen molar-refractivity contribution in [1.29, 1.82) is 0 Å². The van der Waals surface area contributed by atoms with Gasteiger partial charge in [-0.3, -0.25) is 4.79 Å². The first-order valence-corrected chi connectivity index (χ1v) is 6.36. The molecule has 5 heteroatoms. The van der Waals surface area contributed by atoms with E-state index in [9.17, 15) is 4.79 Å². The highest BCUT2D eigenvalue weighted by atomic mass is 32.1. The van der Waals surface area contributed by atoms with Gasteiger partial charge in [0.05, 0.1) is 23.3 Å². The van der Waals surface area contributed by atoms with Crippen LogP contribution in [0.15, 0.2) is 5.38 Å². The standard InChI is InChI=1S/C11H19N3OS/c1-4-7(2)10(12)11(15)13-5-9-6-16-8(3)14-9/h6-7,10H,4-5,12H2,1-3H3,(H,13,15). The van der Waals surface area contributed by atoms with Crippen LogP contribution in [0.2, 0.25) is 0 Å². The largest absolute Gasteiger partial charge is 0.349 e. The SMILES string of the molecule is CCC(C)C(N)C(=O)NCc1csc(C)n1. The number of hydrogen-bond acceptors (Lipinski definition) is 4. The van der Waals surface area contributed by atoms with Crippen LogP contribution < -0.4 is 11.1 Å². The summed E-state index contributed by atoms with van der Waals surface area (Å²) in [6.45, 7) is 6.42. The van der Waals surface area contributed by atoms with Crippen molar-refractivity contribution in [3.8, 4) is 0 Å². The van der Waals surface area contributed by atoms with Crippen LogP contribution >= 0.6 is 11.3 Å². The molecule has 90 valence electrons. The fourth-order valence-electron chi connectivity index (χ4n) is 1.30. The quantitative estimate of drug-likeness (QED) is 0.819. The average molecular weight is 241 g/mol. The number of aromatic nitrogens is 1. The molecule has 0 spiro atoms. The van der Waals surface area contributed by atoms with Gasteiger partial charge in [0.1, 0.15) is 0 Å². The molecule has 3 N–H and O–H groups in total. The van der Waals surface area contributed by atoms with Gasteiger partial charge in [-0.25, -0.2) is 4.98 Å². The summed E-state index contributed by atoms with van der Waals surface area (Å²) in [5.41, 5.74) is 6.71. The molecule has 1 amide bonds. The molecule has 0 saturated heterocycles. The van der Waals surface area contributed by atoms with Crippen LogP contribution in [0.4, 0.5) is 0 Å². The third-order valence-electron chi connectivity index (χ3n) is 2.67. The Morgan fingerprint density at radius 3 is 2.88 bits per heavy atom. The van der Waals surface area contributed by atoms with Gasteiger partial charge in [0.15, 0.2) is 0 Å². The molecule has 0 aliphatic heterocycles. The highest BCUT2D eigenvalue weighted by Crippen LogP contribution is 2.08. The van der Waals surface area contributed by atoms with Crippen molar-refractivity contribution in [3.63, 3.8) is 0 Å². The Hall–Kier alpha value is -0.940. The van der Waals surface area contributed by atoms with Crippen molar-refractivity contribution < 1.29 is 4.79 Å². The molecule has 0 aromatic carbocycles. The van der Waals surface area contributed by atoms with Gasteiger partial charge in [0.2, 0.25) is 5.91 Å². The number of carbonyl (C=O) groups excluding carboxylic acids is 1. The zero-order valence-electron chi connectivity index (χ0n) is 9.99. The van der Waals surface area contributed by atoms with Gasteiger partial charge >= 0.3 is 0 Å². The van der Waals surface area contributed by atoms with Crippen LogP contribution in [0, 0.1) is 12.8 Å². The third-order valence-corrected chi connectivity index (χ3v) is 3.49. The van der Waals surface area contributed by atoms with Crippen LogP contribution in [0.1, 0.15) is 31.0 Å². The van der Waals surface area contributed by atoms with E-state index in [1.165, 1.54) is 0 Å². The minimum Gasteiger partial charge on any atom is -0.349 e. The van der Waals surface area contributed by atoms with Gasteiger partial charge in [-0.1, -0.05) is 20.3 Å². The Bertz CT molecular complexity index is 351. The fraction of sp³-hybridized carbons (Fsp3) is 0.636. The summed E-state index contributed by atoms with van der Waals surface area (Å²) in [6.07, 6.45) is 0.907. The first-order valence-electron chi connectivity index (χ1n) is 5.48. The first-order chi connectivity index (χ1) is 7.54. The number of nitrogens with one attached hydrogen (secondary N) is 1. The second-order valence-corrected chi connectivity index (χ2v) is 5.05. The lowest BCUT2D eigenvalue weighted by molar-refractivity contribution is -0.123.